The highest BCUT2D eigenvalue weighted by molar-refractivity contribution is 7.91. The number of fused-ring (bicyclic) bond motifs is 1. The van der Waals surface area contributed by atoms with Crippen molar-refractivity contribution < 1.29 is 13.2 Å². The number of aromatic nitrogens is 2. The smallest absolute Gasteiger partial charge is 0.264 e. The third kappa shape index (κ3) is 3.40. The molecule has 0 radical (unpaired) electrons. The monoisotopic (exact) mass is 405 g/mol. The van der Waals surface area contributed by atoms with E-state index in [1.165, 1.54) is 11.3 Å². The number of carbonyl (C=O) groups excluding carboxylic acids is 1. The predicted molar refractivity (Wildman–Crippen MR) is 107 cm³/mol. The molecule has 2 aromatic rings. The lowest BCUT2D eigenvalue weighted by Gasteiger charge is -2.26. The van der Waals surface area contributed by atoms with Gasteiger partial charge in [-0.25, -0.2) is 18.4 Å². The van der Waals surface area contributed by atoms with Gasteiger partial charge in [-0.3, -0.25) is 4.79 Å². The lowest BCUT2D eigenvalue weighted by Crippen LogP contribution is -2.41. The zero-order chi connectivity index (χ0) is 19.3. The van der Waals surface area contributed by atoms with E-state index < -0.39 is 9.84 Å². The van der Waals surface area contributed by atoms with Gasteiger partial charge in [0.1, 0.15) is 10.7 Å². The highest BCUT2D eigenvalue weighted by Crippen LogP contribution is 2.40. The average molecular weight is 406 g/mol. The van der Waals surface area contributed by atoms with E-state index in [9.17, 15) is 13.2 Å². The van der Waals surface area contributed by atoms with Crippen LogP contribution >= 0.6 is 11.3 Å². The minimum atomic E-state index is -3.07. The number of carbonyl (C=O) groups is 1. The fourth-order valence-electron chi connectivity index (χ4n) is 3.78. The molecule has 1 saturated carbocycles. The van der Waals surface area contributed by atoms with Crippen LogP contribution in [-0.2, 0) is 9.84 Å². The van der Waals surface area contributed by atoms with Crippen LogP contribution in [0.1, 0.15) is 51.9 Å². The van der Waals surface area contributed by atoms with E-state index in [1.807, 2.05) is 13.8 Å². The molecular formula is C19H23N3O3S2. The van der Waals surface area contributed by atoms with Crippen molar-refractivity contribution in [3.63, 3.8) is 0 Å². The first-order valence-electron chi connectivity index (χ1n) is 9.20. The lowest BCUT2D eigenvalue weighted by atomic mass is 10.1. The van der Waals surface area contributed by atoms with E-state index in [1.54, 1.807) is 11.0 Å². The number of aryl methyl sites for hydroxylation is 2. The summed E-state index contributed by atoms with van der Waals surface area (Å²) in [5.41, 5.74) is 1.79. The highest BCUT2D eigenvalue weighted by atomic mass is 32.2. The van der Waals surface area contributed by atoms with Crippen LogP contribution < -0.4 is 0 Å². The molecule has 2 aliphatic rings. The number of nitrogens with zero attached hydrogens (tertiary/aromatic N) is 3. The highest BCUT2D eigenvalue weighted by Gasteiger charge is 2.36. The largest absolute Gasteiger partial charge is 0.330 e. The van der Waals surface area contributed by atoms with E-state index in [0.29, 0.717) is 23.8 Å². The normalized spacial score (nSPS) is 21.5. The molecule has 1 amide bonds. The van der Waals surface area contributed by atoms with E-state index in [2.05, 4.69) is 11.6 Å². The maximum atomic E-state index is 13.3. The number of sulfone groups is 1. The number of hydrogen-bond donors (Lipinski definition) is 0. The van der Waals surface area contributed by atoms with Gasteiger partial charge in [-0.05, 0) is 38.7 Å². The summed E-state index contributed by atoms with van der Waals surface area (Å²) in [5, 5.41) is 0.949. The summed E-state index contributed by atoms with van der Waals surface area (Å²) < 4.78 is 23.8. The summed E-state index contributed by atoms with van der Waals surface area (Å²) in [7, 11) is -3.07. The van der Waals surface area contributed by atoms with Gasteiger partial charge in [0, 0.05) is 23.9 Å². The zero-order valence-corrected chi connectivity index (χ0v) is 17.2. The van der Waals surface area contributed by atoms with Crippen LogP contribution in [0, 0.1) is 13.8 Å². The molecule has 8 heteroatoms. The molecule has 1 aliphatic heterocycles. The van der Waals surface area contributed by atoms with Gasteiger partial charge in [0.25, 0.3) is 5.91 Å². The van der Waals surface area contributed by atoms with Crippen molar-refractivity contribution >= 4 is 37.3 Å². The van der Waals surface area contributed by atoms with Crippen LogP contribution in [0.3, 0.4) is 0 Å². The van der Waals surface area contributed by atoms with Crippen LogP contribution in [0.25, 0.3) is 10.2 Å². The minimum absolute atomic E-state index is 0.0290. The molecule has 4 rings (SSSR count). The second-order valence-electron chi connectivity index (χ2n) is 7.48. The Morgan fingerprint density at radius 1 is 1.30 bits per heavy atom. The molecule has 144 valence electrons. The average Bonchev–Trinajstić information content (AvgIpc) is 3.32. The molecule has 0 aromatic carbocycles. The second kappa shape index (κ2) is 6.67. The molecule has 1 unspecified atom stereocenters. The first-order valence-corrected chi connectivity index (χ1v) is 11.8. The van der Waals surface area contributed by atoms with E-state index in [0.717, 1.165) is 40.1 Å². The van der Waals surface area contributed by atoms with Crippen molar-refractivity contribution in [2.45, 2.75) is 45.1 Å². The van der Waals surface area contributed by atoms with Gasteiger partial charge in [-0.2, -0.15) is 0 Å². The molecule has 0 bridgehead atoms. The van der Waals surface area contributed by atoms with Gasteiger partial charge < -0.3 is 4.90 Å². The van der Waals surface area contributed by atoms with Gasteiger partial charge >= 0.3 is 0 Å². The molecule has 3 heterocycles. The van der Waals surface area contributed by atoms with Crippen molar-refractivity contribution in [1.29, 1.82) is 0 Å². The molecule has 0 N–H and O–H groups in total. The summed E-state index contributed by atoms with van der Waals surface area (Å²) in [6.07, 6.45) is 4.40. The Kier molecular flexibility index (Phi) is 4.58. The van der Waals surface area contributed by atoms with Crippen molar-refractivity contribution in [2.75, 3.05) is 18.1 Å². The van der Waals surface area contributed by atoms with Gasteiger partial charge in [0.05, 0.1) is 22.1 Å². The van der Waals surface area contributed by atoms with Gasteiger partial charge in [0.15, 0.2) is 9.84 Å². The Bertz CT molecular complexity index is 1040. The molecule has 1 aliphatic carbocycles. The first-order chi connectivity index (χ1) is 12.8. The predicted octanol–water partition coefficient (Wildman–Crippen LogP) is 3.00. The summed E-state index contributed by atoms with van der Waals surface area (Å²) in [6, 6.07) is -0.292. The summed E-state index contributed by atoms with van der Waals surface area (Å²) in [6.45, 7) is 7.97. The summed E-state index contributed by atoms with van der Waals surface area (Å²) >= 11 is 1.39. The van der Waals surface area contributed by atoms with E-state index in [-0.39, 0.29) is 23.5 Å². The molecule has 0 spiro atoms. The molecule has 2 fully saturated rings. The fourth-order valence-corrected chi connectivity index (χ4v) is 6.70. The Morgan fingerprint density at radius 3 is 2.63 bits per heavy atom. The number of thiophene rings is 1. The van der Waals surface area contributed by atoms with Crippen LogP contribution in [0.5, 0.6) is 0 Å². The number of rotatable bonds is 5. The van der Waals surface area contributed by atoms with Crippen LogP contribution in [0.2, 0.25) is 0 Å². The van der Waals surface area contributed by atoms with Crippen molar-refractivity contribution in [1.82, 2.24) is 14.9 Å². The second-order valence-corrected chi connectivity index (χ2v) is 10.7. The van der Waals surface area contributed by atoms with Gasteiger partial charge in [0.2, 0.25) is 0 Å². The molecule has 2 aromatic heterocycles. The van der Waals surface area contributed by atoms with Crippen LogP contribution in [0.4, 0.5) is 0 Å². The third-order valence-corrected chi connectivity index (χ3v) is 8.28. The standard InChI is InChI=1S/C19H23N3O3S2/c1-4-8-22(14-7-9-27(24,25)10-14)19(23)16-11(2)15-12(3)20-17(13-5-6-13)21-18(15)26-16/h4,13-14H,1,5-10H2,2-3H3. The Hall–Kier alpha value is -1.80. The Balaban J connectivity index is 1.73. The third-order valence-electron chi connectivity index (χ3n) is 5.36. The topological polar surface area (TPSA) is 80.2 Å². The SMILES string of the molecule is C=CCN(C(=O)c1sc2nc(C3CC3)nc(C)c2c1C)C1CCS(=O)(=O)C1. The summed E-state index contributed by atoms with van der Waals surface area (Å²) in [4.78, 5) is 25.8. The van der Waals surface area contributed by atoms with Crippen LogP contribution in [-0.4, -0.2) is 53.3 Å². The quantitative estimate of drug-likeness (QED) is 0.715. The first kappa shape index (κ1) is 18.6. The van der Waals surface area contributed by atoms with Gasteiger partial charge in [-0.1, -0.05) is 6.08 Å². The van der Waals surface area contributed by atoms with Gasteiger partial charge in [-0.15, -0.1) is 17.9 Å². The number of amides is 1. The summed E-state index contributed by atoms with van der Waals surface area (Å²) in [5.74, 6) is 1.37. The lowest BCUT2D eigenvalue weighted by molar-refractivity contribution is 0.0725. The van der Waals surface area contributed by atoms with Crippen molar-refractivity contribution in [2.24, 2.45) is 0 Å². The molecule has 1 saturated heterocycles. The maximum absolute atomic E-state index is 13.3. The molecule has 27 heavy (non-hydrogen) atoms. The Labute approximate surface area is 163 Å². The molecule has 6 nitrogen and oxygen atoms in total. The number of hydrogen-bond acceptors (Lipinski definition) is 6. The van der Waals surface area contributed by atoms with Crippen molar-refractivity contribution in [3.05, 3.63) is 34.6 Å². The fraction of sp³-hybridized carbons (Fsp3) is 0.526. The van der Waals surface area contributed by atoms with Crippen LogP contribution in [0.15, 0.2) is 12.7 Å². The van der Waals surface area contributed by atoms with E-state index in [4.69, 9.17) is 4.98 Å². The zero-order valence-electron chi connectivity index (χ0n) is 15.6. The van der Waals surface area contributed by atoms with Crippen molar-refractivity contribution in [3.8, 4) is 0 Å². The molecular weight excluding hydrogens is 382 g/mol. The minimum Gasteiger partial charge on any atom is -0.330 e. The Morgan fingerprint density at radius 2 is 2.04 bits per heavy atom. The maximum Gasteiger partial charge on any atom is 0.264 e. The molecule has 1 atom stereocenters. The van der Waals surface area contributed by atoms with E-state index >= 15 is 0 Å².